The smallest absolute Gasteiger partial charge is 0.327 e. The zero-order chi connectivity index (χ0) is 34.3. The van der Waals surface area contributed by atoms with Gasteiger partial charge in [0.15, 0.2) is 11.2 Å². The van der Waals surface area contributed by atoms with E-state index in [0.717, 1.165) is 30.5 Å². The number of benzene rings is 6. The number of nitriles is 1. The number of methoxy groups -OCH3 is 1. The number of nitrogens with zero attached hydrogens (tertiary/aromatic N) is 1. The van der Waals surface area contributed by atoms with E-state index in [1.165, 1.54) is 7.11 Å². The number of fused-ring (bicyclic) bond motifs is 2. The second kappa shape index (κ2) is 13.0. The Hall–Kier alpha value is -4.61. The first kappa shape index (κ1) is 32.9. The van der Waals surface area contributed by atoms with E-state index in [4.69, 9.17) is 4.74 Å². The van der Waals surface area contributed by atoms with Gasteiger partial charge in [0.25, 0.3) is 0 Å². The van der Waals surface area contributed by atoms with Crippen molar-refractivity contribution in [3.63, 3.8) is 0 Å². The summed E-state index contributed by atoms with van der Waals surface area (Å²) in [7, 11) is 1.27. The second-order valence-corrected chi connectivity index (χ2v) is 14.5. The van der Waals surface area contributed by atoms with Gasteiger partial charge < -0.3 is 9.84 Å². The summed E-state index contributed by atoms with van der Waals surface area (Å²) in [5.74, 6) is -4.36. The van der Waals surface area contributed by atoms with Crippen molar-refractivity contribution in [2.24, 2.45) is 11.3 Å². The first-order valence-electron chi connectivity index (χ1n) is 15.9. The van der Waals surface area contributed by atoms with Gasteiger partial charge in [0.2, 0.25) is 0 Å². The van der Waals surface area contributed by atoms with Crippen molar-refractivity contribution in [2.75, 3.05) is 7.11 Å². The third-order valence-electron chi connectivity index (χ3n) is 10.2. The van der Waals surface area contributed by atoms with Gasteiger partial charge in [-0.3, -0.25) is 9.59 Å². The predicted molar refractivity (Wildman–Crippen MR) is 198 cm³/mol. The van der Waals surface area contributed by atoms with Gasteiger partial charge in [-0.1, -0.05) is 129 Å². The maximum Gasteiger partial charge on any atom is 0.327 e. The fraction of sp³-hybridized carbons (Fsp3) is 0.167. The molecule has 0 heterocycles. The highest BCUT2D eigenvalue weighted by Gasteiger charge is 2.67. The number of Topliss-reactive ketones (excluding diaryl/α,β-unsaturated/α-hetero) is 1. The lowest BCUT2D eigenvalue weighted by Crippen LogP contribution is -2.59. The first-order valence-corrected chi connectivity index (χ1v) is 17.5. The monoisotopic (exact) mass is 771 g/mol. The Morgan fingerprint density at radius 1 is 0.735 bits per heavy atom. The number of esters is 1. The summed E-state index contributed by atoms with van der Waals surface area (Å²) >= 11 is 7.03. The normalized spacial score (nSPS) is 23.5. The number of carbonyl (C=O) groups is 2. The van der Waals surface area contributed by atoms with Crippen molar-refractivity contribution in [3.8, 4) is 6.07 Å². The number of ether oxygens (including phenoxy) is 1. The number of aliphatic hydroxyl groups is 1. The summed E-state index contributed by atoms with van der Waals surface area (Å²) in [5.41, 5.74) is -1.56. The van der Waals surface area contributed by atoms with E-state index in [1.54, 1.807) is 6.07 Å². The number of rotatable bonds is 6. The zero-order valence-electron chi connectivity index (χ0n) is 26.5. The van der Waals surface area contributed by atoms with Crippen LogP contribution in [0.4, 0.5) is 0 Å². The number of ketones is 1. The molecule has 0 aromatic heterocycles. The van der Waals surface area contributed by atoms with Crippen LogP contribution in [0.5, 0.6) is 0 Å². The molecule has 6 aromatic carbocycles. The Morgan fingerprint density at radius 3 is 1.84 bits per heavy atom. The van der Waals surface area contributed by atoms with Crippen molar-refractivity contribution in [3.05, 3.63) is 165 Å². The van der Waals surface area contributed by atoms with Crippen LogP contribution in [0.25, 0.3) is 21.5 Å². The molecule has 7 heteroatoms. The molecule has 0 aliphatic heterocycles. The third-order valence-corrected chi connectivity index (χ3v) is 11.2. The van der Waals surface area contributed by atoms with Crippen molar-refractivity contribution >= 4 is 65.2 Å². The number of hydrogen-bond donors (Lipinski definition) is 1. The molecule has 0 spiro atoms. The van der Waals surface area contributed by atoms with E-state index in [-0.39, 0.29) is 12.2 Å². The summed E-state index contributed by atoms with van der Waals surface area (Å²) in [6.07, 6.45) is -0.0906. The molecule has 1 aliphatic carbocycles. The van der Waals surface area contributed by atoms with Crippen LogP contribution >= 0.6 is 31.9 Å². The average molecular weight is 774 g/mol. The van der Waals surface area contributed by atoms with Crippen molar-refractivity contribution in [1.82, 2.24) is 0 Å². The molecule has 5 atom stereocenters. The molecule has 1 N–H and O–H groups in total. The largest absolute Gasteiger partial charge is 0.468 e. The third kappa shape index (κ3) is 5.58. The Morgan fingerprint density at radius 2 is 1.27 bits per heavy atom. The second-order valence-electron chi connectivity index (χ2n) is 12.7. The maximum absolute atomic E-state index is 15.3. The summed E-state index contributed by atoms with van der Waals surface area (Å²) in [6, 6.07) is 43.9. The molecule has 6 aromatic rings. The highest BCUT2D eigenvalue weighted by molar-refractivity contribution is 9.10. The van der Waals surface area contributed by atoms with E-state index in [1.807, 2.05) is 127 Å². The van der Waals surface area contributed by atoms with Gasteiger partial charge in [-0.15, -0.1) is 0 Å². The van der Waals surface area contributed by atoms with Gasteiger partial charge in [-0.25, -0.2) is 0 Å². The van der Waals surface area contributed by atoms with Crippen molar-refractivity contribution in [1.29, 1.82) is 5.26 Å². The average Bonchev–Trinajstić information content (AvgIpc) is 3.14. The molecule has 0 saturated heterocycles. The van der Waals surface area contributed by atoms with Crippen LogP contribution in [-0.2, 0) is 15.1 Å². The highest BCUT2D eigenvalue weighted by Crippen LogP contribution is 2.64. The van der Waals surface area contributed by atoms with Gasteiger partial charge in [0, 0.05) is 26.3 Å². The minimum absolute atomic E-state index is 0.0906. The zero-order valence-corrected chi connectivity index (χ0v) is 29.7. The van der Waals surface area contributed by atoms with E-state index < -0.39 is 34.7 Å². The Labute approximate surface area is 301 Å². The number of carbonyl (C=O) groups excluding carboxylic acids is 2. The van der Waals surface area contributed by atoms with E-state index >= 15 is 4.79 Å². The quantitative estimate of drug-likeness (QED) is 0.135. The van der Waals surface area contributed by atoms with Crippen molar-refractivity contribution < 1.29 is 19.4 Å². The Balaban J connectivity index is 1.57. The molecule has 7 rings (SSSR count). The molecule has 1 saturated carbocycles. The number of halogens is 2. The first-order chi connectivity index (χ1) is 23.7. The molecule has 242 valence electrons. The molecule has 0 bridgehead atoms. The van der Waals surface area contributed by atoms with E-state index in [9.17, 15) is 15.2 Å². The SMILES string of the molecule is COC(=O)[C@@]1(C#N)[C@@H](c2ccc(Br)cc2)C[C@](O)(c2ccc3ccccc3c2)[C@H](C(=O)c2ccc3ccccc3c2)[C@@H]1c1ccc(Br)cc1. The lowest BCUT2D eigenvalue weighted by atomic mass is 9.47. The molecule has 5 nitrogen and oxygen atoms in total. The maximum atomic E-state index is 15.3. The Kier molecular flexibility index (Phi) is 8.74. The molecule has 0 radical (unpaired) electrons. The molecule has 0 unspecified atom stereocenters. The minimum Gasteiger partial charge on any atom is -0.468 e. The molecule has 49 heavy (non-hydrogen) atoms. The fourth-order valence-electron chi connectivity index (χ4n) is 7.83. The summed E-state index contributed by atoms with van der Waals surface area (Å²) in [4.78, 5) is 29.7. The van der Waals surface area contributed by atoms with Gasteiger partial charge in [0.1, 0.15) is 5.60 Å². The lowest BCUT2D eigenvalue weighted by Gasteiger charge is -2.54. The molecular weight excluding hydrogens is 742 g/mol. The van der Waals surface area contributed by atoms with Crippen LogP contribution in [0.2, 0.25) is 0 Å². The lowest BCUT2D eigenvalue weighted by molar-refractivity contribution is -0.162. The fourth-order valence-corrected chi connectivity index (χ4v) is 8.36. The molecule has 1 fully saturated rings. The van der Waals surface area contributed by atoms with Gasteiger partial charge in [-0.05, 0) is 81.1 Å². The minimum atomic E-state index is -1.89. The molecule has 1 aliphatic rings. The number of hydrogen-bond acceptors (Lipinski definition) is 5. The van der Waals surface area contributed by atoms with Crippen LogP contribution in [0.3, 0.4) is 0 Å². The summed E-state index contributed by atoms with van der Waals surface area (Å²) < 4.78 is 7.10. The molecular formula is C42H31Br2NO4. The van der Waals surface area contributed by atoms with Crippen LogP contribution in [0, 0.1) is 22.7 Å². The van der Waals surface area contributed by atoms with E-state index in [0.29, 0.717) is 22.3 Å². The van der Waals surface area contributed by atoms with Crippen LogP contribution in [0.15, 0.2) is 142 Å². The Bertz CT molecular complexity index is 2260. The highest BCUT2D eigenvalue weighted by atomic mass is 79.9. The van der Waals surface area contributed by atoms with Crippen molar-refractivity contribution in [2.45, 2.75) is 23.9 Å². The standard InChI is InChI=1S/C42H31Br2NO4/c1-49-40(47)41(25-45)36(28-13-18-34(43)19-14-28)24-42(48,33-17-12-27-7-3-5-9-31(27)23-33)38(37(41)29-15-20-35(44)21-16-29)39(46)32-11-10-26-6-2-4-8-30(26)22-32/h2-23,36-38,48H,24H2,1H3/t36-,37+,38+,41+,42+/m1/s1. The molecule has 0 amide bonds. The summed E-state index contributed by atoms with van der Waals surface area (Å²) in [5, 5.41) is 28.5. The predicted octanol–water partition coefficient (Wildman–Crippen LogP) is 9.86. The van der Waals surface area contributed by atoms with Crippen LogP contribution in [0.1, 0.15) is 45.3 Å². The van der Waals surface area contributed by atoms with E-state index in [2.05, 4.69) is 37.9 Å². The topological polar surface area (TPSA) is 87.4 Å². The summed E-state index contributed by atoms with van der Waals surface area (Å²) in [6.45, 7) is 0. The van der Waals surface area contributed by atoms with Crippen LogP contribution in [-0.4, -0.2) is 24.0 Å². The van der Waals surface area contributed by atoms with Gasteiger partial charge in [-0.2, -0.15) is 5.26 Å². The van der Waals surface area contributed by atoms with Gasteiger partial charge in [0.05, 0.1) is 19.1 Å². The van der Waals surface area contributed by atoms with Gasteiger partial charge >= 0.3 is 5.97 Å². The van der Waals surface area contributed by atoms with Crippen LogP contribution < -0.4 is 0 Å².